The SMILES string of the molecule is CN(C(=O)c1cc(Cl)nnc1Cl)c1cccc(C#N)c1. The maximum absolute atomic E-state index is 12.3. The van der Waals surface area contributed by atoms with Gasteiger partial charge in [-0.2, -0.15) is 5.26 Å². The van der Waals surface area contributed by atoms with Crippen LogP contribution in [0.15, 0.2) is 30.3 Å². The van der Waals surface area contributed by atoms with Gasteiger partial charge in [0.25, 0.3) is 5.91 Å². The minimum atomic E-state index is -0.387. The highest BCUT2D eigenvalue weighted by Crippen LogP contribution is 2.21. The Morgan fingerprint density at radius 2 is 2.05 bits per heavy atom. The number of nitriles is 1. The van der Waals surface area contributed by atoms with Crippen molar-refractivity contribution in [2.75, 3.05) is 11.9 Å². The van der Waals surface area contributed by atoms with Gasteiger partial charge in [-0.25, -0.2) is 0 Å². The Morgan fingerprint density at radius 3 is 2.75 bits per heavy atom. The van der Waals surface area contributed by atoms with E-state index in [1.807, 2.05) is 6.07 Å². The standard InChI is InChI=1S/C13H8Cl2N4O/c1-19(9-4-2-3-8(5-9)7-16)13(20)10-6-11(14)17-18-12(10)15/h2-6H,1H3. The zero-order valence-electron chi connectivity index (χ0n) is 10.3. The zero-order chi connectivity index (χ0) is 14.7. The Hall–Kier alpha value is -2.16. The third-order valence-electron chi connectivity index (χ3n) is 2.62. The fourth-order valence-corrected chi connectivity index (χ4v) is 1.91. The second-order valence-corrected chi connectivity index (χ2v) is 4.64. The molecule has 0 aliphatic rings. The van der Waals surface area contributed by atoms with Crippen LogP contribution in [0.5, 0.6) is 0 Å². The molecule has 100 valence electrons. The zero-order valence-corrected chi connectivity index (χ0v) is 11.9. The molecule has 0 fully saturated rings. The van der Waals surface area contributed by atoms with Crippen LogP contribution in [0.25, 0.3) is 0 Å². The predicted molar refractivity (Wildman–Crippen MR) is 75.9 cm³/mol. The molecular weight excluding hydrogens is 299 g/mol. The third-order valence-corrected chi connectivity index (χ3v) is 3.08. The van der Waals surface area contributed by atoms with Crippen LogP contribution in [0.3, 0.4) is 0 Å². The molecule has 7 heteroatoms. The second-order valence-electron chi connectivity index (χ2n) is 3.90. The first-order chi connectivity index (χ1) is 9.52. The van der Waals surface area contributed by atoms with Crippen molar-refractivity contribution in [1.29, 1.82) is 5.26 Å². The Kier molecular flexibility index (Phi) is 4.18. The lowest BCUT2D eigenvalue weighted by Crippen LogP contribution is -2.26. The number of benzene rings is 1. The van der Waals surface area contributed by atoms with Crippen LogP contribution in [0.1, 0.15) is 15.9 Å². The van der Waals surface area contributed by atoms with Gasteiger partial charge in [0.2, 0.25) is 0 Å². The summed E-state index contributed by atoms with van der Waals surface area (Å²) in [6.07, 6.45) is 0. The largest absolute Gasteiger partial charge is 0.311 e. The van der Waals surface area contributed by atoms with Crippen LogP contribution in [0.2, 0.25) is 10.3 Å². The molecule has 0 bridgehead atoms. The highest BCUT2D eigenvalue weighted by Gasteiger charge is 2.18. The van der Waals surface area contributed by atoms with E-state index in [1.54, 1.807) is 31.3 Å². The molecule has 0 atom stereocenters. The van der Waals surface area contributed by atoms with Gasteiger partial charge in [-0.05, 0) is 24.3 Å². The Labute approximate surface area is 125 Å². The summed E-state index contributed by atoms with van der Waals surface area (Å²) in [6, 6.07) is 10.0. The summed E-state index contributed by atoms with van der Waals surface area (Å²) in [5, 5.41) is 16.1. The van der Waals surface area contributed by atoms with Gasteiger partial charge in [-0.15, -0.1) is 10.2 Å². The second kappa shape index (κ2) is 5.87. The van der Waals surface area contributed by atoms with Crippen molar-refractivity contribution >= 4 is 34.8 Å². The average molecular weight is 307 g/mol. The fraction of sp³-hybridized carbons (Fsp3) is 0.0769. The summed E-state index contributed by atoms with van der Waals surface area (Å²) in [5.41, 5.74) is 1.17. The Bertz CT molecular complexity index is 712. The molecular formula is C13H8Cl2N4O. The van der Waals surface area contributed by atoms with E-state index in [2.05, 4.69) is 10.2 Å². The number of rotatable bonds is 2. The van der Waals surface area contributed by atoms with E-state index in [0.29, 0.717) is 11.3 Å². The molecule has 0 radical (unpaired) electrons. The molecule has 1 aromatic carbocycles. The molecule has 5 nitrogen and oxygen atoms in total. The number of carbonyl (C=O) groups excluding carboxylic acids is 1. The highest BCUT2D eigenvalue weighted by molar-refractivity contribution is 6.34. The van der Waals surface area contributed by atoms with Crippen LogP contribution >= 0.6 is 23.2 Å². The van der Waals surface area contributed by atoms with Crippen molar-refractivity contribution in [3.63, 3.8) is 0 Å². The number of carbonyl (C=O) groups is 1. The van der Waals surface area contributed by atoms with Crippen molar-refractivity contribution in [2.24, 2.45) is 0 Å². The number of hydrogen-bond donors (Lipinski definition) is 0. The molecule has 2 aromatic rings. The van der Waals surface area contributed by atoms with Gasteiger partial charge in [0.1, 0.15) is 0 Å². The highest BCUT2D eigenvalue weighted by atomic mass is 35.5. The molecule has 1 heterocycles. The minimum Gasteiger partial charge on any atom is -0.311 e. The van der Waals surface area contributed by atoms with E-state index in [0.717, 1.165) is 0 Å². The van der Waals surface area contributed by atoms with Gasteiger partial charge in [-0.1, -0.05) is 29.3 Å². The molecule has 20 heavy (non-hydrogen) atoms. The summed E-state index contributed by atoms with van der Waals surface area (Å²) < 4.78 is 0. The summed E-state index contributed by atoms with van der Waals surface area (Å²) in [4.78, 5) is 13.7. The predicted octanol–water partition coefficient (Wildman–Crippen LogP) is 2.93. The quantitative estimate of drug-likeness (QED) is 0.855. The van der Waals surface area contributed by atoms with Crippen LogP contribution in [0, 0.1) is 11.3 Å². The van der Waals surface area contributed by atoms with Crippen molar-refractivity contribution in [3.8, 4) is 6.07 Å². The third kappa shape index (κ3) is 2.87. The number of nitrogens with zero attached hydrogens (tertiary/aromatic N) is 4. The summed E-state index contributed by atoms with van der Waals surface area (Å²) in [5.74, 6) is -0.387. The van der Waals surface area contributed by atoms with Crippen LogP contribution in [-0.2, 0) is 0 Å². The first kappa shape index (κ1) is 14.3. The van der Waals surface area contributed by atoms with Crippen LogP contribution in [0.4, 0.5) is 5.69 Å². The van der Waals surface area contributed by atoms with Gasteiger partial charge < -0.3 is 4.90 Å². The summed E-state index contributed by atoms with van der Waals surface area (Å²) in [6.45, 7) is 0. The Balaban J connectivity index is 2.37. The van der Waals surface area contributed by atoms with E-state index in [1.165, 1.54) is 11.0 Å². The number of halogens is 2. The van der Waals surface area contributed by atoms with E-state index in [9.17, 15) is 4.79 Å². The van der Waals surface area contributed by atoms with Gasteiger partial charge in [-0.3, -0.25) is 4.79 Å². The van der Waals surface area contributed by atoms with E-state index >= 15 is 0 Å². The lowest BCUT2D eigenvalue weighted by molar-refractivity contribution is 0.0992. The van der Waals surface area contributed by atoms with Crippen LogP contribution in [-0.4, -0.2) is 23.2 Å². The number of anilines is 1. The molecule has 0 spiro atoms. The summed E-state index contributed by atoms with van der Waals surface area (Å²) >= 11 is 11.6. The molecule has 0 saturated heterocycles. The normalized spacial score (nSPS) is 9.90. The van der Waals surface area contributed by atoms with Gasteiger partial charge >= 0.3 is 0 Å². The fourth-order valence-electron chi connectivity index (χ4n) is 1.59. The molecule has 0 unspecified atom stereocenters. The van der Waals surface area contributed by atoms with Gasteiger partial charge in [0.15, 0.2) is 10.3 Å². The van der Waals surface area contributed by atoms with Crippen LogP contribution < -0.4 is 4.90 Å². The molecule has 0 N–H and O–H groups in total. The molecule has 0 saturated carbocycles. The van der Waals surface area contributed by atoms with Crippen molar-refractivity contribution in [2.45, 2.75) is 0 Å². The number of aromatic nitrogens is 2. The van der Waals surface area contributed by atoms with Gasteiger partial charge in [0, 0.05) is 12.7 Å². The average Bonchev–Trinajstić information content (AvgIpc) is 2.48. The van der Waals surface area contributed by atoms with Crippen molar-refractivity contribution < 1.29 is 4.79 Å². The van der Waals surface area contributed by atoms with E-state index in [4.69, 9.17) is 28.5 Å². The lowest BCUT2D eigenvalue weighted by Gasteiger charge is -2.17. The Morgan fingerprint density at radius 1 is 1.30 bits per heavy atom. The van der Waals surface area contributed by atoms with E-state index < -0.39 is 0 Å². The van der Waals surface area contributed by atoms with Crippen molar-refractivity contribution in [1.82, 2.24) is 10.2 Å². The maximum Gasteiger partial charge on any atom is 0.261 e. The first-order valence-electron chi connectivity index (χ1n) is 5.50. The monoisotopic (exact) mass is 306 g/mol. The van der Waals surface area contributed by atoms with Gasteiger partial charge in [0.05, 0.1) is 17.2 Å². The molecule has 0 aliphatic heterocycles. The van der Waals surface area contributed by atoms with E-state index in [-0.39, 0.29) is 21.8 Å². The molecule has 1 aromatic heterocycles. The lowest BCUT2D eigenvalue weighted by atomic mass is 10.2. The minimum absolute atomic E-state index is 0.0253. The number of hydrogen-bond acceptors (Lipinski definition) is 4. The number of amides is 1. The van der Waals surface area contributed by atoms with Crippen molar-refractivity contribution in [3.05, 3.63) is 51.8 Å². The molecule has 0 aliphatic carbocycles. The first-order valence-corrected chi connectivity index (χ1v) is 6.25. The molecule has 1 amide bonds. The smallest absolute Gasteiger partial charge is 0.261 e. The maximum atomic E-state index is 12.3. The topological polar surface area (TPSA) is 69.9 Å². The molecule has 2 rings (SSSR count). The summed E-state index contributed by atoms with van der Waals surface area (Å²) in [7, 11) is 1.57.